The standard InChI is InChI=1S/C21H26FN3O5/c1-13-5-6-15(11-16(13)22)20(26)23-7-8-24-21(27)25-12-14-9-17(28-2)19(30-4)18(10-14)29-3/h5-6,9-11H,7-8,12H2,1-4H3,(H,23,26)(H2,24,25,27). The number of hydrogen-bond acceptors (Lipinski definition) is 5. The molecular weight excluding hydrogens is 393 g/mol. The van der Waals surface area contributed by atoms with Crippen molar-refractivity contribution < 1.29 is 28.2 Å². The number of nitrogens with one attached hydrogen (secondary N) is 3. The van der Waals surface area contributed by atoms with Gasteiger partial charge in [0.1, 0.15) is 5.82 Å². The van der Waals surface area contributed by atoms with Crippen LogP contribution in [-0.2, 0) is 6.54 Å². The third-order valence-corrected chi connectivity index (χ3v) is 4.31. The summed E-state index contributed by atoms with van der Waals surface area (Å²) in [7, 11) is 4.54. The van der Waals surface area contributed by atoms with E-state index in [1.807, 2.05) is 0 Å². The van der Waals surface area contributed by atoms with Gasteiger partial charge in [-0.15, -0.1) is 0 Å². The minimum Gasteiger partial charge on any atom is -0.493 e. The number of rotatable bonds is 9. The van der Waals surface area contributed by atoms with Crippen LogP contribution in [0.25, 0.3) is 0 Å². The SMILES string of the molecule is COc1cc(CNC(=O)NCCNC(=O)c2ccc(C)c(F)c2)cc(OC)c1OC. The fourth-order valence-electron chi connectivity index (χ4n) is 2.67. The van der Waals surface area contributed by atoms with Gasteiger partial charge in [0, 0.05) is 25.2 Å². The average Bonchev–Trinajstić information content (AvgIpc) is 2.75. The van der Waals surface area contributed by atoms with E-state index in [9.17, 15) is 14.0 Å². The summed E-state index contributed by atoms with van der Waals surface area (Å²) in [5.41, 5.74) is 1.45. The number of amides is 3. The molecule has 162 valence electrons. The molecule has 0 radical (unpaired) electrons. The lowest BCUT2D eigenvalue weighted by Crippen LogP contribution is -2.40. The molecule has 0 atom stereocenters. The van der Waals surface area contributed by atoms with E-state index < -0.39 is 17.8 Å². The van der Waals surface area contributed by atoms with Crippen LogP contribution < -0.4 is 30.2 Å². The van der Waals surface area contributed by atoms with Crippen LogP contribution in [0.5, 0.6) is 17.2 Å². The quantitative estimate of drug-likeness (QED) is 0.542. The highest BCUT2D eigenvalue weighted by Gasteiger charge is 2.13. The molecule has 0 aromatic heterocycles. The van der Waals surface area contributed by atoms with Gasteiger partial charge in [0.15, 0.2) is 11.5 Å². The van der Waals surface area contributed by atoms with Crippen molar-refractivity contribution in [2.45, 2.75) is 13.5 Å². The zero-order valence-electron chi connectivity index (χ0n) is 17.4. The van der Waals surface area contributed by atoms with Gasteiger partial charge in [-0.05, 0) is 42.3 Å². The second-order valence-electron chi connectivity index (χ2n) is 6.36. The first-order chi connectivity index (χ1) is 14.4. The molecule has 0 fully saturated rings. The van der Waals surface area contributed by atoms with Gasteiger partial charge in [0.05, 0.1) is 21.3 Å². The molecule has 0 heterocycles. The molecule has 9 heteroatoms. The van der Waals surface area contributed by atoms with Gasteiger partial charge in [0.25, 0.3) is 5.91 Å². The Bertz CT molecular complexity index is 879. The average molecular weight is 419 g/mol. The summed E-state index contributed by atoms with van der Waals surface area (Å²) in [5, 5.41) is 7.96. The minimum absolute atomic E-state index is 0.200. The molecule has 0 aliphatic heterocycles. The second kappa shape index (κ2) is 10.9. The van der Waals surface area contributed by atoms with Crippen molar-refractivity contribution >= 4 is 11.9 Å². The number of halogens is 1. The van der Waals surface area contributed by atoms with Gasteiger partial charge in [-0.2, -0.15) is 0 Å². The van der Waals surface area contributed by atoms with Gasteiger partial charge in [0.2, 0.25) is 5.75 Å². The maximum atomic E-state index is 13.5. The molecule has 0 aliphatic carbocycles. The van der Waals surface area contributed by atoms with E-state index >= 15 is 0 Å². The van der Waals surface area contributed by atoms with Gasteiger partial charge in [-0.25, -0.2) is 9.18 Å². The van der Waals surface area contributed by atoms with Crippen molar-refractivity contribution in [3.8, 4) is 17.2 Å². The molecule has 2 aromatic carbocycles. The summed E-state index contributed by atoms with van der Waals surface area (Å²) in [6.45, 7) is 2.27. The maximum Gasteiger partial charge on any atom is 0.315 e. The van der Waals surface area contributed by atoms with Crippen molar-refractivity contribution in [3.05, 3.63) is 52.8 Å². The third-order valence-electron chi connectivity index (χ3n) is 4.31. The highest BCUT2D eigenvalue weighted by molar-refractivity contribution is 5.94. The Kier molecular flexibility index (Phi) is 8.28. The van der Waals surface area contributed by atoms with Crippen LogP contribution in [0.15, 0.2) is 30.3 Å². The first-order valence-corrected chi connectivity index (χ1v) is 9.24. The summed E-state index contributed by atoms with van der Waals surface area (Å²) >= 11 is 0. The van der Waals surface area contributed by atoms with E-state index in [0.717, 1.165) is 5.56 Å². The maximum absolute atomic E-state index is 13.5. The van der Waals surface area contributed by atoms with Crippen molar-refractivity contribution in [3.63, 3.8) is 0 Å². The number of aryl methyl sites for hydroxylation is 1. The number of hydrogen-bond donors (Lipinski definition) is 3. The van der Waals surface area contributed by atoms with Gasteiger partial charge in [-0.3, -0.25) is 4.79 Å². The number of methoxy groups -OCH3 is 3. The highest BCUT2D eigenvalue weighted by Crippen LogP contribution is 2.38. The Morgan fingerprint density at radius 3 is 2.10 bits per heavy atom. The minimum atomic E-state index is -0.438. The molecule has 0 aliphatic rings. The van der Waals surface area contributed by atoms with E-state index in [1.54, 1.807) is 31.2 Å². The first-order valence-electron chi connectivity index (χ1n) is 9.24. The van der Waals surface area contributed by atoms with E-state index in [1.165, 1.54) is 27.4 Å². The van der Waals surface area contributed by atoms with Crippen LogP contribution >= 0.6 is 0 Å². The molecule has 0 saturated carbocycles. The number of ether oxygens (including phenoxy) is 3. The van der Waals surface area contributed by atoms with Crippen LogP contribution in [0, 0.1) is 12.7 Å². The fraction of sp³-hybridized carbons (Fsp3) is 0.333. The number of urea groups is 1. The number of carbonyl (C=O) groups excluding carboxylic acids is 2. The highest BCUT2D eigenvalue weighted by atomic mass is 19.1. The van der Waals surface area contributed by atoms with Crippen LogP contribution in [0.1, 0.15) is 21.5 Å². The predicted octanol–water partition coefficient (Wildman–Crippen LogP) is 2.39. The Morgan fingerprint density at radius 2 is 1.53 bits per heavy atom. The van der Waals surface area contributed by atoms with E-state index in [2.05, 4.69) is 16.0 Å². The smallest absolute Gasteiger partial charge is 0.315 e. The van der Waals surface area contributed by atoms with Crippen LogP contribution in [0.3, 0.4) is 0 Å². The lowest BCUT2D eigenvalue weighted by atomic mass is 10.1. The normalized spacial score (nSPS) is 10.2. The molecule has 0 spiro atoms. The summed E-state index contributed by atoms with van der Waals surface area (Å²) < 4.78 is 29.4. The largest absolute Gasteiger partial charge is 0.493 e. The molecule has 8 nitrogen and oxygen atoms in total. The number of carbonyl (C=O) groups is 2. The predicted molar refractivity (Wildman–Crippen MR) is 110 cm³/mol. The summed E-state index contributed by atoms with van der Waals surface area (Å²) in [6, 6.07) is 7.34. The Morgan fingerprint density at radius 1 is 0.900 bits per heavy atom. The van der Waals surface area contributed by atoms with Crippen LogP contribution in [0.4, 0.5) is 9.18 Å². The van der Waals surface area contributed by atoms with Gasteiger partial charge in [-0.1, -0.05) is 6.07 Å². The molecule has 3 N–H and O–H groups in total. The molecule has 30 heavy (non-hydrogen) atoms. The molecule has 2 rings (SSSR count). The van der Waals surface area contributed by atoms with Gasteiger partial charge < -0.3 is 30.2 Å². The van der Waals surface area contributed by atoms with Gasteiger partial charge >= 0.3 is 6.03 Å². The van der Waals surface area contributed by atoms with E-state index in [4.69, 9.17) is 14.2 Å². The van der Waals surface area contributed by atoms with E-state index in [-0.39, 0.29) is 25.2 Å². The summed E-state index contributed by atoms with van der Waals surface area (Å²) in [6.07, 6.45) is 0. The number of benzene rings is 2. The van der Waals surface area contributed by atoms with Crippen molar-refractivity contribution in [2.75, 3.05) is 34.4 Å². The Balaban J connectivity index is 1.78. The summed E-state index contributed by atoms with van der Waals surface area (Å²) in [4.78, 5) is 24.0. The third kappa shape index (κ3) is 6.00. The van der Waals surface area contributed by atoms with E-state index in [0.29, 0.717) is 22.8 Å². The fourth-order valence-corrected chi connectivity index (χ4v) is 2.67. The molecule has 3 amide bonds. The van der Waals surface area contributed by atoms with Crippen LogP contribution in [-0.4, -0.2) is 46.4 Å². The lowest BCUT2D eigenvalue weighted by molar-refractivity contribution is 0.0953. The topological polar surface area (TPSA) is 97.9 Å². The lowest BCUT2D eigenvalue weighted by Gasteiger charge is -2.14. The zero-order valence-corrected chi connectivity index (χ0v) is 17.4. The van der Waals surface area contributed by atoms with Crippen molar-refractivity contribution in [1.82, 2.24) is 16.0 Å². The van der Waals surface area contributed by atoms with Crippen LogP contribution in [0.2, 0.25) is 0 Å². The Hall–Kier alpha value is -3.49. The first kappa shape index (κ1) is 22.8. The second-order valence-corrected chi connectivity index (χ2v) is 6.36. The molecule has 0 unspecified atom stereocenters. The molecule has 0 bridgehead atoms. The van der Waals surface area contributed by atoms with Crippen molar-refractivity contribution in [1.29, 1.82) is 0 Å². The Labute approximate surface area is 174 Å². The monoisotopic (exact) mass is 419 g/mol. The summed E-state index contributed by atoms with van der Waals surface area (Å²) in [5.74, 6) is 0.603. The molecular formula is C21H26FN3O5. The molecule has 2 aromatic rings. The zero-order chi connectivity index (χ0) is 22.1. The van der Waals surface area contributed by atoms with Crippen molar-refractivity contribution in [2.24, 2.45) is 0 Å². The molecule has 0 saturated heterocycles.